The smallest absolute Gasteiger partial charge is 0.261 e. The number of hydrogen-bond donors (Lipinski definition) is 2. The monoisotopic (exact) mass is 440 g/mol. The number of nitrogens with zero attached hydrogens (tertiary/aromatic N) is 2. The second kappa shape index (κ2) is 9.53. The Labute approximate surface area is 186 Å². The van der Waals surface area contributed by atoms with E-state index in [-0.39, 0.29) is 5.91 Å². The van der Waals surface area contributed by atoms with Crippen LogP contribution in [0.5, 0.6) is 5.75 Å². The molecule has 0 spiro atoms. The van der Waals surface area contributed by atoms with E-state index in [1.54, 1.807) is 18.4 Å². The van der Waals surface area contributed by atoms with Crippen molar-refractivity contribution in [2.24, 2.45) is 0 Å². The fourth-order valence-corrected chi connectivity index (χ4v) is 4.88. The standard InChI is InChI=1S/C23H28N4O3S/c1-15-20(16(2)26-25-15)12-18-13-21(31-23(18)27-8-10-30-11-9-27)22(28)24-14-17-4-6-19(29-3)7-5-17/h4-7,13H,8-12,14H2,1-3H3,(H,24,28)(H,25,26). The maximum absolute atomic E-state index is 12.9. The SMILES string of the molecule is COc1ccc(CNC(=O)c2cc(Cc3c(C)n[nH]c3C)c(N3CCOCC3)s2)cc1. The summed E-state index contributed by atoms with van der Waals surface area (Å²) < 4.78 is 10.7. The number of hydrogen-bond acceptors (Lipinski definition) is 6. The number of aryl methyl sites for hydroxylation is 2. The summed E-state index contributed by atoms with van der Waals surface area (Å²) in [6.07, 6.45) is 0.753. The highest BCUT2D eigenvalue weighted by Crippen LogP contribution is 2.34. The van der Waals surface area contributed by atoms with Crippen LogP contribution in [0.4, 0.5) is 5.00 Å². The Morgan fingerprint density at radius 2 is 2.00 bits per heavy atom. The molecule has 0 aliphatic carbocycles. The van der Waals surface area contributed by atoms with Crippen LogP contribution in [-0.2, 0) is 17.7 Å². The minimum atomic E-state index is -0.0535. The predicted octanol–water partition coefficient (Wildman–Crippen LogP) is 3.45. The van der Waals surface area contributed by atoms with Crippen molar-refractivity contribution >= 4 is 22.2 Å². The summed E-state index contributed by atoms with van der Waals surface area (Å²) >= 11 is 1.56. The van der Waals surface area contributed by atoms with Crippen LogP contribution in [0.3, 0.4) is 0 Å². The van der Waals surface area contributed by atoms with E-state index in [0.29, 0.717) is 19.8 Å². The summed E-state index contributed by atoms with van der Waals surface area (Å²) in [6.45, 7) is 7.62. The summed E-state index contributed by atoms with van der Waals surface area (Å²) in [7, 11) is 1.64. The summed E-state index contributed by atoms with van der Waals surface area (Å²) in [5.41, 5.74) is 5.46. The van der Waals surface area contributed by atoms with E-state index < -0.39 is 0 Å². The van der Waals surface area contributed by atoms with Crippen molar-refractivity contribution in [3.63, 3.8) is 0 Å². The minimum Gasteiger partial charge on any atom is -0.497 e. The van der Waals surface area contributed by atoms with Gasteiger partial charge in [0, 0.05) is 37.3 Å². The molecule has 0 radical (unpaired) electrons. The average Bonchev–Trinajstić information content (AvgIpc) is 3.37. The van der Waals surface area contributed by atoms with Crippen LogP contribution in [0.2, 0.25) is 0 Å². The van der Waals surface area contributed by atoms with E-state index in [9.17, 15) is 4.79 Å². The van der Waals surface area contributed by atoms with Gasteiger partial charge in [-0.3, -0.25) is 9.89 Å². The zero-order valence-electron chi connectivity index (χ0n) is 18.2. The van der Waals surface area contributed by atoms with Gasteiger partial charge in [0.1, 0.15) is 5.75 Å². The molecule has 2 aromatic heterocycles. The van der Waals surface area contributed by atoms with Gasteiger partial charge in [0.2, 0.25) is 0 Å². The Morgan fingerprint density at radius 3 is 2.65 bits per heavy atom. The lowest BCUT2D eigenvalue weighted by molar-refractivity contribution is 0.0955. The van der Waals surface area contributed by atoms with Crippen molar-refractivity contribution < 1.29 is 14.3 Å². The number of aromatic amines is 1. The van der Waals surface area contributed by atoms with E-state index in [1.165, 1.54) is 5.56 Å². The lowest BCUT2D eigenvalue weighted by Crippen LogP contribution is -2.36. The van der Waals surface area contributed by atoms with Crippen molar-refractivity contribution in [1.29, 1.82) is 0 Å². The first-order chi connectivity index (χ1) is 15.0. The van der Waals surface area contributed by atoms with Crippen molar-refractivity contribution in [2.75, 3.05) is 38.3 Å². The molecule has 8 heteroatoms. The van der Waals surface area contributed by atoms with E-state index in [1.807, 2.05) is 44.2 Å². The number of ether oxygens (including phenoxy) is 2. The van der Waals surface area contributed by atoms with Gasteiger partial charge in [0.25, 0.3) is 5.91 Å². The second-order valence-corrected chi connectivity index (χ2v) is 8.69. The van der Waals surface area contributed by atoms with E-state index in [0.717, 1.165) is 57.7 Å². The minimum absolute atomic E-state index is 0.0535. The molecule has 1 aromatic carbocycles. The number of benzene rings is 1. The Bertz CT molecular complexity index is 1020. The normalized spacial score (nSPS) is 14.0. The summed E-state index contributed by atoms with van der Waals surface area (Å²) in [4.78, 5) is 16.0. The van der Waals surface area contributed by atoms with Crippen molar-refractivity contribution in [3.05, 3.63) is 63.3 Å². The number of rotatable bonds is 7. The van der Waals surface area contributed by atoms with Gasteiger partial charge in [0.15, 0.2) is 0 Å². The summed E-state index contributed by atoms with van der Waals surface area (Å²) in [5, 5.41) is 11.6. The molecular weight excluding hydrogens is 412 g/mol. The van der Waals surface area contributed by atoms with E-state index in [4.69, 9.17) is 9.47 Å². The highest BCUT2D eigenvalue weighted by molar-refractivity contribution is 7.18. The number of thiophene rings is 1. The third-order valence-corrected chi connectivity index (χ3v) is 6.81. The molecule has 3 heterocycles. The van der Waals surface area contributed by atoms with Gasteiger partial charge in [-0.2, -0.15) is 5.10 Å². The molecule has 31 heavy (non-hydrogen) atoms. The third kappa shape index (κ3) is 4.91. The number of morpholine rings is 1. The summed E-state index contributed by atoms with van der Waals surface area (Å²) in [5.74, 6) is 0.750. The lowest BCUT2D eigenvalue weighted by atomic mass is 10.0. The van der Waals surface area contributed by atoms with Crippen LogP contribution in [0.15, 0.2) is 30.3 Å². The van der Waals surface area contributed by atoms with Gasteiger partial charge < -0.3 is 19.7 Å². The van der Waals surface area contributed by atoms with Gasteiger partial charge in [-0.25, -0.2) is 0 Å². The highest BCUT2D eigenvalue weighted by atomic mass is 32.1. The molecule has 0 unspecified atom stereocenters. The van der Waals surface area contributed by atoms with Gasteiger partial charge in [-0.05, 0) is 43.2 Å². The first-order valence-electron chi connectivity index (χ1n) is 10.4. The number of carbonyl (C=O) groups is 1. The average molecular weight is 441 g/mol. The largest absolute Gasteiger partial charge is 0.497 e. The molecule has 3 aromatic rings. The molecule has 164 valence electrons. The van der Waals surface area contributed by atoms with Crippen LogP contribution in [0.1, 0.15) is 37.7 Å². The zero-order chi connectivity index (χ0) is 21.8. The van der Waals surface area contributed by atoms with E-state index >= 15 is 0 Å². The molecule has 0 atom stereocenters. The third-order valence-electron chi connectivity index (χ3n) is 5.57. The first kappa shape index (κ1) is 21.4. The Kier molecular flexibility index (Phi) is 6.58. The second-order valence-electron chi connectivity index (χ2n) is 7.66. The number of carbonyl (C=O) groups excluding carboxylic acids is 1. The maximum atomic E-state index is 12.9. The lowest BCUT2D eigenvalue weighted by Gasteiger charge is -2.28. The molecule has 0 bridgehead atoms. The highest BCUT2D eigenvalue weighted by Gasteiger charge is 2.22. The van der Waals surface area contributed by atoms with Crippen molar-refractivity contribution in [2.45, 2.75) is 26.8 Å². The predicted molar refractivity (Wildman–Crippen MR) is 122 cm³/mol. The van der Waals surface area contributed by atoms with Gasteiger partial charge in [-0.1, -0.05) is 12.1 Å². The topological polar surface area (TPSA) is 79.5 Å². The number of amides is 1. The van der Waals surface area contributed by atoms with Crippen LogP contribution in [0.25, 0.3) is 0 Å². The summed E-state index contributed by atoms with van der Waals surface area (Å²) in [6, 6.07) is 9.75. The number of anilines is 1. The van der Waals surface area contributed by atoms with E-state index in [2.05, 4.69) is 20.4 Å². The molecule has 0 saturated carbocycles. The molecule has 1 saturated heterocycles. The fraction of sp³-hybridized carbons (Fsp3) is 0.391. The number of methoxy groups -OCH3 is 1. The van der Waals surface area contributed by atoms with Crippen molar-refractivity contribution in [3.8, 4) is 5.75 Å². The maximum Gasteiger partial charge on any atom is 0.261 e. The molecule has 1 amide bonds. The molecule has 1 aliphatic heterocycles. The first-order valence-corrected chi connectivity index (χ1v) is 11.2. The molecular formula is C23H28N4O3S. The zero-order valence-corrected chi connectivity index (χ0v) is 19.0. The molecule has 7 nitrogen and oxygen atoms in total. The number of nitrogens with one attached hydrogen (secondary N) is 2. The number of aromatic nitrogens is 2. The van der Waals surface area contributed by atoms with Crippen LogP contribution < -0.4 is 15.0 Å². The van der Waals surface area contributed by atoms with Gasteiger partial charge >= 0.3 is 0 Å². The quantitative estimate of drug-likeness (QED) is 0.588. The molecule has 2 N–H and O–H groups in total. The molecule has 4 rings (SSSR count). The fourth-order valence-electron chi connectivity index (χ4n) is 3.73. The number of H-pyrrole nitrogens is 1. The van der Waals surface area contributed by atoms with Crippen molar-refractivity contribution in [1.82, 2.24) is 15.5 Å². The molecule has 1 fully saturated rings. The Balaban J connectivity index is 1.53. The van der Waals surface area contributed by atoms with Gasteiger partial charge in [-0.15, -0.1) is 11.3 Å². The van der Waals surface area contributed by atoms with Gasteiger partial charge in [0.05, 0.1) is 35.9 Å². The van der Waals surface area contributed by atoms with Crippen LogP contribution in [0, 0.1) is 13.8 Å². The molecule has 1 aliphatic rings. The Morgan fingerprint density at radius 1 is 1.26 bits per heavy atom. The van der Waals surface area contributed by atoms with Crippen LogP contribution >= 0.6 is 11.3 Å². The Hall–Kier alpha value is -2.84. The van der Waals surface area contributed by atoms with Crippen LogP contribution in [-0.4, -0.2) is 49.5 Å².